The van der Waals surface area contributed by atoms with Gasteiger partial charge in [0.25, 0.3) is 0 Å². The number of amides is 1. The van der Waals surface area contributed by atoms with Crippen LogP contribution >= 0.6 is 0 Å². The number of nitrogens with zero attached hydrogens (tertiary/aromatic N) is 3. The van der Waals surface area contributed by atoms with Crippen molar-refractivity contribution in [2.24, 2.45) is 5.92 Å². The minimum atomic E-state index is -3.59. The Morgan fingerprint density at radius 1 is 1.09 bits per heavy atom. The predicted octanol–water partition coefficient (Wildman–Crippen LogP) is 2.36. The molecule has 2 fully saturated rings. The number of pyridine rings is 1. The molecule has 9 nitrogen and oxygen atoms in total. The van der Waals surface area contributed by atoms with Crippen LogP contribution in [0.25, 0.3) is 0 Å². The van der Waals surface area contributed by atoms with Crippen molar-refractivity contribution in [3.05, 3.63) is 42.6 Å². The van der Waals surface area contributed by atoms with Crippen LogP contribution in [0.5, 0.6) is 5.75 Å². The first-order chi connectivity index (χ1) is 16.0. The van der Waals surface area contributed by atoms with Gasteiger partial charge in [-0.25, -0.2) is 13.4 Å². The fourth-order valence-corrected chi connectivity index (χ4v) is 5.54. The number of piperidine rings is 1. The summed E-state index contributed by atoms with van der Waals surface area (Å²) in [7, 11) is -3.59. The second-order valence-electron chi connectivity index (χ2n) is 8.08. The van der Waals surface area contributed by atoms with E-state index in [1.54, 1.807) is 30.5 Å². The number of sulfonamides is 1. The molecule has 0 atom stereocenters. The first-order valence-corrected chi connectivity index (χ1v) is 12.7. The molecular formula is C23H30N4O5S. The lowest BCUT2D eigenvalue weighted by molar-refractivity contribution is -0.120. The molecule has 3 heterocycles. The summed E-state index contributed by atoms with van der Waals surface area (Å²) < 4.78 is 38.1. The van der Waals surface area contributed by atoms with E-state index in [9.17, 15) is 13.2 Å². The number of anilines is 2. The molecule has 1 aromatic carbocycles. The van der Waals surface area contributed by atoms with Gasteiger partial charge in [-0.15, -0.1) is 0 Å². The molecule has 10 heteroatoms. The number of nitrogens with one attached hydrogen (secondary N) is 1. The zero-order valence-electron chi connectivity index (χ0n) is 18.8. The molecule has 0 bridgehead atoms. The molecule has 2 aromatic rings. The molecule has 1 aromatic heterocycles. The number of aromatic nitrogens is 1. The van der Waals surface area contributed by atoms with Gasteiger partial charge in [-0.1, -0.05) is 0 Å². The monoisotopic (exact) mass is 474 g/mol. The number of hydrogen-bond donors (Lipinski definition) is 1. The summed E-state index contributed by atoms with van der Waals surface area (Å²) in [5.74, 6) is 1.16. The summed E-state index contributed by atoms with van der Waals surface area (Å²) in [6.07, 6.45) is 2.61. The maximum Gasteiger partial charge on any atom is 0.243 e. The van der Waals surface area contributed by atoms with E-state index in [4.69, 9.17) is 9.47 Å². The lowest BCUT2D eigenvalue weighted by Gasteiger charge is -2.30. The fourth-order valence-electron chi connectivity index (χ4n) is 4.07. The second-order valence-corrected chi connectivity index (χ2v) is 10.0. The van der Waals surface area contributed by atoms with E-state index in [-0.39, 0.29) is 16.7 Å². The van der Waals surface area contributed by atoms with Crippen LogP contribution in [-0.4, -0.2) is 69.6 Å². The van der Waals surface area contributed by atoms with Crippen molar-refractivity contribution < 1.29 is 22.7 Å². The SMILES string of the molecule is CCOc1ccc(S(=O)(=O)N2CCC(C(=O)Nc3ccc(N4CCOCC4)nc3)CC2)cc1. The third-order valence-corrected chi connectivity index (χ3v) is 7.86. The Morgan fingerprint density at radius 3 is 2.39 bits per heavy atom. The van der Waals surface area contributed by atoms with Crippen molar-refractivity contribution in [1.82, 2.24) is 9.29 Å². The normalized spacial score (nSPS) is 18.2. The number of carbonyl (C=O) groups is 1. The first kappa shape index (κ1) is 23.5. The average molecular weight is 475 g/mol. The molecule has 2 aliphatic heterocycles. The van der Waals surface area contributed by atoms with Gasteiger partial charge >= 0.3 is 0 Å². The van der Waals surface area contributed by atoms with Crippen molar-refractivity contribution in [3.8, 4) is 5.75 Å². The minimum absolute atomic E-state index is 0.103. The van der Waals surface area contributed by atoms with Gasteiger partial charge in [0.2, 0.25) is 15.9 Å². The third kappa shape index (κ3) is 5.63. The van der Waals surface area contributed by atoms with Gasteiger partial charge < -0.3 is 19.7 Å². The quantitative estimate of drug-likeness (QED) is 0.657. The Kier molecular flexibility index (Phi) is 7.46. The molecule has 0 spiro atoms. The van der Waals surface area contributed by atoms with Crippen molar-refractivity contribution >= 4 is 27.4 Å². The lowest BCUT2D eigenvalue weighted by Crippen LogP contribution is -2.41. The summed E-state index contributed by atoms with van der Waals surface area (Å²) in [4.78, 5) is 19.6. The Labute approximate surface area is 194 Å². The summed E-state index contributed by atoms with van der Waals surface area (Å²) in [6, 6.07) is 10.2. The number of morpholine rings is 1. The first-order valence-electron chi connectivity index (χ1n) is 11.3. The Balaban J connectivity index is 1.30. The zero-order chi connectivity index (χ0) is 23.3. The van der Waals surface area contributed by atoms with E-state index in [0.29, 0.717) is 57.2 Å². The van der Waals surface area contributed by atoms with Gasteiger partial charge in [0.1, 0.15) is 11.6 Å². The molecule has 0 radical (unpaired) electrons. The fraction of sp³-hybridized carbons (Fsp3) is 0.478. The van der Waals surface area contributed by atoms with Crippen LogP contribution in [0.3, 0.4) is 0 Å². The van der Waals surface area contributed by atoms with Gasteiger partial charge in [-0.2, -0.15) is 4.31 Å². The number of ether oxygens (including phenoxy) is 2. The Morgan fingerprint density at radius 2 is 1.79 bits per heavy atom. The van der Waals surface area contributed by atoms with Gasteiger partial charge in [0.05, 0.1) is 36.6 Å². The van der Waals surface area contributed by atoms with Crippen molar-refractivity contribution in [2.75, 3.05) is 56.2 Å². The molecule has 1 N–H and O–H groups in total. The topological polar surface area (TPSA) is 101 Å². The Hall–Kier alpha value is -2.69. The molecule has 178 valence electrons. The van der Waals surface area contributed by atoms with Crippen LogP contribution in [0.1, 0.15) is 19.8 Å². The van der Waals surface area contributed by atoms with E-state index in [1.807, 2.05) is 19.1 Å². The number of carbonyl (C=O) groups excluding carboxylic acids is 1. The number of hydrogen-bond acceptors (Lipinski definition) is 7. The largest absolute Gasteiger partial charge is 0.494 e. The zero-order valence-corrected chi connectivity index (χ0v) is 19.6. The number of rotatable bonds is 7. The molecule has 0 saturated carbocycles. The van der Waals surface area contributed by atoms with Gasteiger partial charge in [0, 0.05) is 32.1 Å². The van der Waals surface area contributed by atoms with Crippen molar-refractivity contribution in [1.29, 1.82) is 0 Å². The van der Waals surface area contributed by atoms with E-state index in [2.05, 4.69) is 15.2 Å². The van der Waals surface area contributed by atoms with E-state index < -0.39 is 10.0 Å². The van der Waals surface area contributed by atoms with Gasteiger partial charge in [-0.3, -0.25) is 4.79 Å². The Bertz CT molecular complexity index is 1030. The number of benzene rings is 1. The summed E-state index contributed by atoms with van der Waals surface area (Å²) in [5, 5.41) is 2.92. The van der Waals surface area contributed by atoms with Crippen molar-refractivity contribution in [3.63, 3.8) is 0 Å². The van der Waals surface area contributed by atoms with E-state index >= 15 is 0 Å². The average Bonchev–Trinajstić information content (AvgIpc) is 2.86. The summed E-state index contributed by atoms with van der Waals surface area (Å²) in [6.45, 7) is 6.00. The molecule has 33 heavy (non-hydrogen) atoms. The molecule has 0 aliphatic carbocycles. The van der Waals surface area contributed by atoms with Crippen LogP contribution < -0.4 is 15.0 Å². The summed E-state index contributed by atoms with van der Waals surface area (Å²) >= 11 is 0. The predicted molar refractivity (Wildman–Crippen MR) is 125 cm³/mol. The smallest absolute Gasteiger partial charge is 0.243 e. The third-order valence-electron chi connectivity index (χ3n) is 5.95. The highest BCUT2D eigenvalue weighted by atomic mass is 32.2. The van der Waals surface area contributed by atoms with Crippen LogP contribution in [0.15, 0.2) is 47.5 Å². The lowest BCUT2D eigenvalue weighted by atomic mass is 9.97. The highest BCUT2D eigenvalue weighted by molar-refractivity contribution is 7.89. The molecular weight excluding hydrogens is 444 g/mol. The van der Waals surface area contributed by atoms with Crippen LogP contribution in [0, 0.1) is 5.92 Å². The molecule has 1 amide bonds. The van der Waals surface area contributed by atoms with Gasteiger partial charge in [-0.05, 0) is 56.2 Å². The highest BCUT2D eigenvalue weighted by Crippen LogP contribution is 2.26. The van der Waals surface area contributed by atoms with E-state index in [1.165, 1.54) is 4.31 Å². The van der Waals surface area contributed by atoms with E-state index in [0.717, 1.165) is 18.9 Å². The van der Waals surface area contributed by atoms with Crippen LogP contribution in [0.2, 0.25) is 0 Å². The molecule has 4 rings (SSSR count). The maximum absolute atomic E-state index is 13.0. The highest BCUT2D eigenvalue weighted by Gasteiger charge is 2.32. The van der Waals surface area contributed by atoms with Crippen LogP contribution in [0.4, 0.5) is 11.5 Å². The minimum Gasteiger partial charge on any atom is -0.494 e. The van der Waals surface area contributed by atoms with Crippen molar-refractivity contribution in [2.45, 2.75) is 24.7 Å². The maximum atomic E-state index is 13.0. The second kappa shape index (κ2) is 10.5. The molecule has 2 saturated heterocycles. The van der Waals surface area contributed by atoms with Crippen LogP contribution in [-0.2, 0) is 19.6 Å². The molecule has 2 aliphatic rings. The summed E-state index contributed by atoms with van der Waals surface area (Å²) in [5.41, 5.74) is 0.640. The molecule has 0 unspecified atom stereocenters. The van der Waals surface area contributed by atoms with Gasteiger partial charge in [0.15, 0.2) is 0 Å². The standard InChI is InChI=1S/C23H30N4O5S/c1-2-32-20-4-6-21(7-5-20)33(29,30)27-11-9-18(10-12-27)23(28)25-19-3-8-22(24-17-19)26-13-15-31-16-14-26/h3-8,17-18H,2,9-16H2,1H3,(H,25,28).